The molecule has 5 atom stereocenters. The highest BCUT2D eigenvalue weighted by Gasteiger charge is 2.78. The van der Waals surface area contributed by atoms with Crippen molar-refractivity contribution >= 4 is 0 Å². The molecule has 0 saturated heterocycles. The van der Waals surface area contributed by atoms with Crippen molar-refractivity contribution in [3.05, 3.63) is 0 Å². The van der Waals surface area contributed by atoms with Gasteiger partial charge in [0.25, 0.3) is 0 Å². The summed E-state index contributed by atoms with van der Waals surface area (Å²) in [5.41, 5.74) is -0.0367. The van der Waals surface area contributed by atoms with Gasteiger partial charge >= 0.3 is 0 Å². The van der Waals surface area contributed by atoms with Gasteiger partial charge in [-0.15, -0.1) is 0 Å². The highest BCUT2D eigenvalue weighted by molar-refractivity contribution is 5.27. The SMILES string of the molecule is CC1(O)C(O)C[C@]2(C)CCCC(C)(C)[C@@]23C[C@@H]13. The van der Waals surface area contributed by atoms with Crippen LogP contribution in [0.15, 0.2) is 0 Å². The largest absolute Gasteiger partial charge is 0.390 e. The minimum Gasteiger partial charge on any atom is -0.390 e. The summed E-state index contributed by atoms with van der Waals surface area (Å²) in [6, 6.07) is 0. The Morgan fingerprint density at radius 1 is 1.00 bits per heavy atom. The zero-order valence-corrected chi connectivity index (χ0v) is 11.6. The van der Waals surface area contributed by atoms with Crippen LogP contribution in [0.3, 0.4) is 0 Å². The van der Waals surface area contributed by atoms with Gasteiger partial charge in [0.15, 0.2) is 0 Å². The smallest absolute Gasteiger partial charge is 0.0911 e. The van der Waals surface area contributed by atoms with Crippen LogP contribution in [0.4, 0.5) is 0 Å². The van der Waals surface area contributed by atoms with Crippen molar-refractivity contribution in [1.29, 1.82) is 0 Å². The molecule has 3 fully saturated rings. The van der Waals surface area contributed by atoms with Gasteiger partial charge in [-0.1, -0.05) is 27.2 Å². The Labute approximate surface area is 104 Å². The van der Waals surface area contributed by atoms with Crippen LogP contribution in [-0.4, -0.2) is 21.9 Å². The van der Waals surface area contributed by atoms with Crippen LogP contribution in [0.1, 0.15) is 59.8 Å². The molecule has 2 N–H and O–H groups in total. The minimum atomic E-state index is -0.867. The molecule has 0 amide bonds. The molecule has 2 nitrogen and oxygen atoms in total. The third kappa shape index (κ3) is 1.14. The van der Waals surface area contributed by atoms with E-state index in [1.165, 1.54) is 19.3 Å². The van der Waals surface area contributed by atoms with Crippen LogP contribution < -0.4 is 0 Å². The van der Waals surface area contributed by atoms with Crippen LogP contribution in [0, 0.1) is 22.2 Å². The molecular weight excluding hydrogens is 212 g/mol. The molecule has 98 valence electrons. The predicted molar refractivity (Wildman–Crippen MR) is 67.5 cm³/mol. The summed E-state index contributed by atoms with van der Waals surface area (Å²) >= 11 is 0. The molecule has 0 aromatic rings. The third-order valence-electron chi connectivity index (χ3n) is 6.80. The van der Waals surface area contributed by atoms with E-state index in [1.807, 2.05) is 6.92 Å². The average molecular weight is 238 g/mol. The summed E-state index contributed by atoms with van der Waals surface area (Å²) in [7, 11) is 0. The van der Waals surface area contributed by atoms with E-state index in [0.717, 1.165) is 12.8 Å². The van der Waals surface area contributed by atoms with Gasteiger partial charge < -0.3 is 10.2 Å². The number of aliphatic hydroxyl groups is 2. The van der Waals surface area contributed by atoms with Crippen molar-refractivity contribution in [3.8, 4) is 0 Å². The second-order valence-electron chi connectivity index (χ2n) is 7.97. The molecule has 0 aromatic heterocycles. The average Bonchev–Trinajstić information content (AvgIpc) is 2.91. The molecule has 0 bridgehead atoms. The van der Waals surface area contributed by atoms with Crippen molar-refractivity contribution < 1.29 is 10.2 Å². The van der Waals surface area contributed by atoms with Crippen molar-refractivity contribution in [3.63, 3.8) is 0 Å². The van der Waals surface area contributed by atoms with E-state index >= 15 is 0 Å². The van der Waals surface area contributed by atoms with E-state index in [1.54, 1.807) is 0 Å². The molecule has 2 heteroatoms. The van der Waals surface area contributed by atoms with Crippen molar-refractivity contribution in [2.45, 2.75) is 71.5 Å². The molecule has 1 spiro atoms. The Morgan fingerprint density at radius 2 is 1.65 bits per heavy atom. The molecule has 3 aliphatic rings. The summed E-state index contributed by atoms with van der Waals surface area (Å²) in [6.07, 6.45) is 5.11. The van der Waals surface area contributed by atoms with Gasteiger partial charge in [0.1, 0.15) is 0 Å². The zero-order valence-electron chi connectivity index (χ0n) is 11.6. The zero-order chi connectivity index (χ0) is 12.7. The third-order valence-corrected chi connectivity index (χ3v) is 6.80. The van der Waals surface area contributed by atoms with E-state index in [0.29, 0.717) is 11.3 Å². The molecule has 0 heterocycles. The number of rotatable bonds is 0. The Balaban J connectivity index is 2.07. The van der Waals surface area contributed by atoms with E-state index in [-0.39, 0.29) is 10.8 Å². The summed E-state index contributed by atoms with van der Waals surface area (Å²) < 4.78 is 0. The quantitative estimate of drug-likeness (QED) is 0.681. The van der Waals surface area contributed by atoms with E-state index in [2.05, 4.69) is 20.8 Å². The lowest BCUT2D eigenvalue weighted by molar-refractivity contribution is -0.181. The number of hydrogen-bond acceptors (Lipinski definition) is 2. The summed E-state index contributed by atoms with van der Waals surface area (Å²) in [5, 5.41) is 20.8. The van der Waals surface area contributed by atoms with Gasteiger partial charge in [0.05, 0.1) is 11.7 Å². The molecule has 3 rings (SSSR count). The highest BCUT2D eigenvalue weighted by atomic mass is 16.3. The maximum Gasteiger partial charge on any atom is 0.0911 e. The topological polar surface area (TPSA) is 40.5 Å². The van der Waals surface area contributed by atoms with Gasteiger partial charge in [0, 0.05) is 0 Å². The monoisotopic (exact) mass is 238 g/mol. The maximum atomic E-state index is 10.6. The number of aliphatic hydroxyl groups excluding tert-OH is 1. The first kappa shape index (κ1) is 12.0. The van der Waals surface area contributed by atoms with Crippen LogP contribution in [0.2, 0.25) is 0 Å². The van der Waals surface area contributed by atoms with Gasteiger partial charge in [-0.05, 0) is 54.8 Å². The Kier molecular flexibility index (Phi) is 2.05. The molecule has 2 unspecified atom stereocenters. The van der Waals surface area contributed by atoms with Crippen LogP contribution >= 0.6 is 0 Å². The fourth-order valence-electron chi connectivity index (χ4n) is 5.72. The van der Waals surface area contributed by atoms with Gasteiger partial charge in [-0.2, -0.15) is 0 Å². The Morgan fingerprint density at radius 3 is 2.29 bits per heavy atom. The Hall–Kier alpha value is -0.0800. The molecule has 3 saturated carbocycles. The molecular formula is C15H26O2. The fourth-order valence-corrected chi connectivity index (χ4v) is 5.72. The molecule has 17 heavy (non-hydrogen) atoms. The summed E-state index contributed by atoms with van der Waals surface area (Å²) in [5.74, 6) is 0.305. The van der Waals surface area contributed by atoms with Crippen LogP contribution in [0.25, 0.3) is 0 Å². The maximum absolute atomic E-state index is 10.6. The summed E-state index contributed by atoms with van der Waals surface area (Å²) in [4.78, 5) is 0. The van der Waals surface area contributed by atoms with Crippen molar-refractivity contribution in [1.82, 2.24) is 0 Å². The molecule has 0 aromatic carbocycles. The first-order valence-electron chi connectivity index (χ1n) is 7.08. The first-order valence-corrected chi connectivity index (χ1v) is 7.08. The normalized spacial score (nSPS) is 60.4. The standard InChI is InChI=1S/C15H26O2/c1-12(2)6-5-7-13(3)9-11(16)14(4,17)10-8-15(10,12)13/h10-11,16-17H,5-9H2,1-4H3/t10-,11?,13-,14?,15-/m0/s1. The van der Waals surface area contributed by atoms with Gasteiger partial charge in [0.2, 0.25) is 0 Å². The highest BCUT2D eigenvalue weighted by Crippen LogP contribution is 2.81. The molecule has 3 aliphatic carbocycles. The van der Waals surface area contributed by atoms with Crippen molar-refractivity contribution in [2.24, 2.45) is 22.2 Å². The van der Waals surface area contributed by atoms with E-state index < -0.39 is 11.7 Å². The lowest BCUT2D eigenvalue weighted by atomic mass is 9.47. The number of hydrogen-bond donors (Lipinski definition) is 2. The Bertz CT molecular complexity index is 360. The van der Waals surface area contributed by atoms with Crippen LogP contribution in [-0.2, 0) is 0 Å². The van der Waals surface area contributed by atoms with E-state index in [9.17, 15) is 10.2 Å². The molecule has 0 radical (unpaired) electrons. The second-order valence-corrected chi connectivity index (χ2v) is 7.97. The van der Waals surface area contributed by atoms with Crippen molar-refractivity contribution in [2.75, 3.05) is 0 Å². The van der Waals surface area contributed by atoms with Gasteiger partial charge in [-0.3, -0.25) is 0 Å². The van der Waals surface area contributed by atoms with Crippen LogP contribution in [0.5, 0.6) is 0 Å². The molecule has 0 aliphatic heterocycles. The fraction of sp³-hybridized carbons (Fsp3) is 1.00. The lowest BCUT2D eigenvalue weighted by Gasteiger charge is -2.58. The van der Waals surface area contributed by atoms with Gasteiger partial charge in [-0.25, -0.2) is 0 Å². The first-order chi connectivity index (χ1) is 7.67. The second kappa shape index (κ2) is 2.91. The lowest BCUT2D eigenvalue weighted by Crippen LogP contribution is -2.58. The van der Waals surface area contributed by atoms with E-state index in [4.69, 9.17) is 0 Å². The summed E-state index contributed by atoms with van der Waals surface area (Å²) in [6.45, 7) is 8.95. The minimum absolute atomic E-state index is 0.237. The predicted octanol–water partition coefficient (Wildman–Crippen LogP) is 2.72.